The second-order valence-electron chi connectivity index (χ2n) is 13.3. The zero-order valence-electron chi connectivity index (χ0n) is 30.4. The van der Waals surface area contributed by atoms with E-state index in [4.69, 9.17) is 55.9 Å². The molecule has 14 heteroatoms. The van der Waals surface area contributed by atoms with Gasteiger partial charge in [-0.3, -0.25) is 24.1 Å². The Morgan fingerprint density at radius 2 is 1.40 bits per heavy atom. The summed E-state index contributed by atoms with van der Waals surface area (Å²) in [5.74, 6) is -0.525. The summed E-state index contributed by atoms with van der Waals surface area (Å²) >= 11 is 24.8. The highest BCUT2D eigenvalue weighted by atomic mass is 35.5. The van der Waals surface area contributed by atoms with Crippen molar-refractivity contribution in [2.24, 2.45) is 0 Å². The maximum atomic E-state index is 14.0. The lowest BCUT2D eigenvalue weighted by Crippen LogP contribution is -2.52. The number of benzene rings is 5. The summed E-state index contributed by atoms with van der Waals surface area (Å²) in [6, 6.07) is 31.7. The molecule has 1 heterocycles. The predicted octanol–water partition coefficient (Wildman–Crippen LogP) is 8.32. The molecule has 0 unspecified atom stereocenters. The van der Waals surface area contributed by atoms with Gasteiger partial charge >= 0.3 is 0 Å². The van der Waals surface area contributed by atoms with Gasteiger partial charge in [-0.15, -0.1) is 0 Å². The molecule has 0 aromatic heterocycles. The van der Waals surface area contributed by atoms with Crippen LogP contribution in [-0.2, 0) is 22.4 Å². The van der Waals surface area contributed by atoms with E-state index in [1.54, 1.807) is 72.8 Å². The monoisotopic (exact) mass is 847 g/mol. The number of aliphatic hydroxyl groups excluding tert-OH is 1. The first kappa shape index (κ1) is 41.5. The molecule has 0 aliphatic carbocycles. The van der Waals surface area contributed by atoms with Crippen molar-refractivity contribution in [2.45, 2.75) is 31.4 Å². The van der Waals surface area contributed by atoms with Crippen molar-refractivity contribution in [2.75, 3.05) is 26.2 Å². The molecule has 2 N–H and O–H groups in total. The maximum Gasteiger partial charge on any atom is 0.261 e. The largest absolute Gasteiger partial charge is 0.482 e. The van der Waals surface area contributed by atoms with Crippen LogP contribution in [-0.4, -0.2) is 76.9 Å². The first-order valence-electron chi connectivity index (χ1n) is 18.0. The van der Waals surface area contributed by atoms with E-state index in [9.17, 15) is 24.3 Å². The average molecular weight is 850 g/mol. The van der Waals surface area contributed by atoms with E-state index < -0.39 is 42.4 Å². The van der Waals surface area contributed by atoms with E-state index in [-0.39, 0.29) is 54.4 Å². The lowest BCUT2D eigenvalue weighted by molar-refractivity contribution is -0.133. The number of amides is 4. The molecule has 0 fully saturated rings. The number of ether oxygens (including phenoxy) is 2. The molecular formula is C43H37Cl4N3O7. The molecule has 0 saturated heterocycles. The summed E-state index contributed by atoms with van der Waals surface area (Å²) in [6.45, 7) is -0.710. The van der Waals surface area contributed by atoms with Gasteiger partial charge in [-0.2, -0.15) is 0 Å². The van der Waals surface area contributed by atoms with Crippen LogP contribution in [0.15, 0.2) is 115 Å². The van der Waals surface area contributed by atoms with E-state index in [1.807, 2.05) is 36.4 Å². The molecule has 294 valence electrons. The predicted molar refractivity (Wildman–Crippen MR) is 220 cm³/mol. The highest BCUT2D eigenvalue weighted by molar-refractivity contribution is 6.35. The molecule has 6 rings (SSSR count). The zero-order chi connectivity index (χ0) is 40.5. The van der Waals surface area contributed by atoms with Gasteiger partial charge < -0.3 is 24.8 Å². The van der Waals surface area contributed by atoms with Crippen molar-refractivity contribution in [3.05, 3.63) is 158 Å². The number of aliphatic hydroxyl groups is 1. The average Bonchev–Trinajstić information content (AvgIpc) is 3.43. The Labute approximate surface area is 349 Å². The van der Waals surface area contributed by atoms with Gasteiger partial charge in [0.05, 0.1) is 28.3 Å². The van der Waals surface area contributed by atoms with Gasteiger partial charge in [0.1, 0.15) is 17.2 Å². The van der Waals surface area contributed by atoms with E-state index >= 15 is 0 Å². The Morgan fingerprint density at radius 3 is 2.09 bits per heavy atom. The molecule has 0 bridgehead atoms. The molecule has 1 aliphatic rings. The van der Waals surface area contributed by atoms with Crippen LogP contribution < -0.4 is 14.8 Å². The smallest absolute Gasteiger partial charge is 0.261 e. The molecule has 2 atom stereocenters. The van der Waals surface area contributed by atoms with Gasteiger partial charge in [0, 0.05) is 41.1 Å². The van der Waals surface area contributed by atoms with Crippen molar-refractivity contribution in [1.29, 1.82) is 0 Å². The number of halogens is 4. The van der Waals surface area contributed by atoms with E-state index in [0.29, 0.717) is 38.6 Å². The second-order valence-corrected chi connectivity index (χ2v) is 14.9. The first-order chi connectivity index (χ1) is 27.4. The van der Waals surface area contributed by atoms with Gasteiger partial charge in [-0.25, -0.2) is 0 Å². The van der Waals surface area contributed by atoms with Crippen LogP contribution in [0.4, 0.5) is 0 Å². The molecule has 57 heavy (non-hydrogen) atoms. The van der Waals surface area contributed by atoms with E-state index in [1.165, 1.54) is 11.0 Å². The highest BCUT2D eigenvalue weighted by Gasteiger charge is 2.36. The number of carbonyl (C=O) groups is 4. The van der Waals surface area contributed by atoms with Crippen molar-refractivity contribution >= 4 is 70.0 Å². The Morgan fingerprint density at radius 1 is 0.754 bits per heavy atom. The van der Waals surface area contributed by atoms with Crippen LogP contribution in [0.1, 0.15) is 38.3 Å². The van der Waals surface area contributed by atoms with Gasteiger partial charge in [0.15, 0.2) is 6.61 Å². The number of hydrogen-bond acceptors (Lipinski definition) is 7. The number of carbonyl (C=O) groups excluding carboxylic acids is 4. The van der Waals surface area contributed by atoms with Crippen LogP contribution in [0, 0.1) is 0 Å². The quantitative estimate of drug-likeness (QED) is 0.0903. The van der Waals surface area contributed by atoms with Crippen molar-refractivity contribution in [3.63, 3.8) is 0 Å². The number of imide groups is 1. The van der Waals surface area contributed by atoms with Gasteiger partial charge in [0.25, 0.3) is 17.7 Å². The number of fused-ring (bicyclic) bond motifs is 1. The Bertz CT molecular complexity index is 2220. The molecule has 0 spiro atoms. The lowest BCUT2D eigenvalue weighted by atomic mass is 10.00. The van der Waals surface area contributed by atoms with Crippen molar-refractivity contribution < 1.29 is 33.8 Å². The molecule has 5 aromatic carbocycles. The third kappa shape index (κ3) is 11.1. The minimum absolute atomic E-state index is 0.110. The SMILES string of the molecule is O=C(COc1ccc(Cl)cc1Cl)N[C@@H](Cc1cccc(Oc2ccccc2)c1)[C@@H](O)CN(CCc1ccc(Cl)cc1Cl)C(=O)CCN1C(=O)c2ccccc2C1=O. The Balaban J connectivity index is 1.21. The molecule has 5 aromatic rings. The number of nitrogens with zero attached hydrogens (tertiary/aromatic N) is 2. The highest BCUT2D eigenvalue weighted by Crippen LogP contribution is 2.28. The topological polar surface area (TPSA) is 125 Å². The van der Waals surface area contributed by atoms with Crippen molar-refractivity contribution in [1.82, 2.24) is 15.1 Å². The molecule has 0 saturated carbocycles. The second kappa shape index (κ2) is 19.4. The van der Waals surface area contributed by atoms with Crippen LogP contribution in [0.5, 0.6) is 17.2 Å². The molecular weight excluding hydrogens is 812 g/mol. The van der Waals surface area contributed by atoms with Crippen LogP contribution in [0.3, 0.4) is 0 Å². The molecule has 0 radical (unpaired) electrons. The van der Waals surface area contributed by atoms with Crippen molar-refractivity contribution in [3.8, 4) is 17.2 Å². The minimum Gasteiger partial charge on any atom is -0.482 e. The van der Waals surface area contributed by atoms with Crippen LogP contribution in [0.25, 0.3) is 0 Å². The fourth-order valence-corrected chi connectivity index (χ4v) is 7.31. The van der Waals surface area contributed by atoms with Gasteiger partial charge in [0.2, 0.25) is 5.91 Å². The lowest BCUT2D eigenvalue weighted by Gasteiger charge is -2.31. The standard InChI is InChI=1S/C43H37Cl4N3O7/c44-29-14-13-28(35(46)23-29)17-19-49(41(53)18-20-50-42(54)33-11-4-5-12-34(33)43(50)55)25-38(51)37(48-40(52)26-56-39-16-15-30(45)24-36(39)47)22-27-7-6-10-32(21-27)57-31-8-2-1-3-9-31/h1-16,21,23-24,37-38,51H,17-20,22,25-26H2,(H,48,52)/t37-,38-/m0/s1. The summed E-state index contributed by atoms with van der Waals surface area (Å²) in [4.78, 5) is 56.0. The maximum absolute atomic E-state index is 14.0. The Hall–Kier alpha value is -5.10. The summed E-state index contributed by atoms with van der Waals surface area (Å²) in [5.41, 5.74) is 2.00. The normalized spacial score (nSPS) is 13.2. The number of rotatable bonds is 17. The third-order valence-corrected chi connectivity index (χ3v) is 10.4. The summed E-state index contributed by atoms with van der Waals surface area (Å²) in [5, 5.41) is 16.2. The minimum atomic E-state index is -1.31. The van der Waals surface area contributed by atoms with Gasteiger partial charge in [-0.05, 0) is 90.7 Å². The molecule has 4 amide bonds. The van der Waals surface area contributed by atoms with Crippen LogP contribution in [0.2, 0.25) is 20.1 Å². The summed E-state index contributed by atoms with van der Waals surface area (Å²) in [7, 11) is 0. The third-order valence-electron chi connectivity index (χ3n) is 9.25. The first-order valence-corrected chi connectivity index (χ1v) is 19.5. The number of nitrogens with one attached hydrogen (secondary N) is 1. The van der Waals surface area contributed by atoms with Gasteiger partial charge in [-0.1, -0.05) is 94.9 Å². The fourth-order valence-electron chi connectivity index (χ4n) is 6.34. The fraction of sp³-hybridized carbons (Fsp3) is 0.209. The summed E-state index contributed by atoms with van der Waals surface area (Å²) in [6.07, 6.45) is -1.08. The van der Waals surface area contributed by atoms with E-state index in [2.05, 4.69) is 5.32 Å². The molecule has 1 aliphatic heterocycles. The number of para-hydroxylation sites is 1. The molecule has 10 nitrogen and oxygen atoms in total. The Kier molecular flexibility index (Phi) is 14.1. The zero-order valence-corrected chi connectivity index (χ0v) is 33.4. The number of hydrogen-bond donors (Lipinski definition) is 2. The van der Waals surface area contributed by atoms with Crippen LogP contribution >= 0.6 is 46.4 Å². The summed E-state index contributed by atoms with van der Waals surface area (Å²) < 4.78 is 11.7. The van der Waals surface area contributed by atoms with E-state index in [0.717, 1.165) is 10.5 Å².